The molecule has 1 aromatic carbocycles. The average molecular weight is 534 g/mol. The van der Waals surface area contributed by atoms with Gasteiger partial charge in [-0.3, -0.25) is 9.79 Å². The van der Waals surface area contributed by atoms with Crippen LogP contribution in [0.3, 0.4) is 0 Å². The van der Waals surface area contributed by atoms with Gasteiger partial charge in [0.15, 0.2) is 5.96 Å². The Labute approximate surface area is 201 Å². The molecule has 1 saturated carbocycles. The molecular formula is C23H31IN6O. The second-order valence-electron chi connectivity index (χ2n) is 7.88. The number of aliphatic imine (C=N–C) groups is 1. The summed E-state index contributed by atoms with van der Waals surface area (Å²) in [6.07, 6.45) is 5.02. The molecular weight excluding hydrogens is 503 g/mol. The molecule has 2 aromatic rings. The summed E-state index contributed by atoms with van der Waals surface area (Å²) in [4.78, 5) is 25.7. The van der Waals surface area contributed by atoms with Gasteiger partial charge in [-0.1, -0.05) is 24.6 Å². The van der Waals surface area contributed by atoms with Gasteiger partial charge in [0.1, 0.15) is 5.82 Å². The van der Waals surface area contributed by atoms with Crippen molar-refractivity contribution in [2.24, 2.45) is 10.9 Å². The summed E-state index contributed by atoms with van der Waals surface area (Å²) in [6, 6.07) is 14.1. The number of anilines is 2. The maximum absolute atomic E-state index is 12.2. The smallest absolute Gasteiger partial charge is 0.227 e. The molecule has 2 aliphatic rings. The molecule has 2 heterocycles. The van der Waals surface area contributed by atoms with E-state index in [2.05, 4.69) is 42.5 Å². The summed E-state index contributed by atoms with van der Waals surface area (Å²) in [6.45, 7) is 4.29. The minimum Gasteiger partial charge on any atom is -0.353 e. The normalized spacial score (nSPS) is 16.9. The van der Waals surface area contributed by atoms with Crippen LogP contribution in [0.15, 0.2) is 53.7 Å². The van der Waals surface area contributed by atoms with Crippen molar-refractivity contribution in [2.75, 3.05) is 43.4 Å². The zero-order chi connectivity index (χ0) is 20.8. The van der Waals surface area contributed by atoms with E-state index >= 15 is 0 Å². The number of hydrogen-bond donors (Lipinski definition) is 2. The van der Waals surface area contributed by atoms with Gasteiger partial charge in [0.05, 0.1) is 0 Å². The fourth-order valence-electron chi connectivity index (χ4n) is 3.88. The Morgan fingerprint density at radius 3 is 2.58 bits per heavy atom. The van der Waals surface area contributed by atoms with Crippen LogP contribution in [0.25, 0.3) is 0 Å². The van der Waals surface area contributed by atoms with E-state index in [4.69, 9.17) is 0 Å². The van der Waals surface area contributed by atoms with Gasteiger partial charge in [-0.2, -0.15) is 0 Å². The van der Waals surface area contributed by atoms with E-state index in [-0.39, 0.29) is 35.8 Å². The Morgan fingerprint density at radius 2 is 1.94 bits per heavy atom. The summed E-state index contributed by atoms with van der Waals surface area (Å²) < 4.78 is 0. The number of hydrogen-bond acceptors (Lipinski definition) is 4. The summed E-state index contributed by atoms with van der Waals surface area (Å²) in [5.74, 6) is 2.27. The molecule has 7 nitrogen and oxygen atoms in total. The Kier molecular flexibility index (Phi) is 8.51. The maximum atomic E-state index is 12.2. The third kappa shape index (κ3) is 6.09. The lowest BCUT2D eigenvalue weighted by Gasteiger charge is -2.37. The zero-order valence-electron chi connectivity index (χ0n) is 18.0. The van der Waals surface area contributed by atoms with Crippen molar-refractivity contribution in [3.63, 3.8) is 0 Å². The van der Waals surface area contributed by atoms with Crippen LogP contribution < -0.4 is 15.5 Å². The number of carbonyl (C=O) groups is 1. The van der Waals surface area contributed by atoms with Gasteiger partial charge in [-0.25, -0.2) is 4.98 Å². The van der Waals surface area contributed by atoms with Crippen molar-refractivity contribution in [3.05, 3.63) is 54.2 Å². The number of nitrogens with zero attached hydrogens (tertiary/aromatic N) is 4. The van der Waals surface area contributed by atoms with Crippen molar-refractivity contribution in [1.82, 2.24) is 15.2 Å². The molecule has 166 valence electrons. The van der Waals surface area contributed by atoms with E-state index in [1.54, 1.807) is 0 Å². The van der Waals surface area contributed by atoms with Crippen molar-refractivity contribution >= 4 is 47.3 Å². The molecule has 1 saturated heterocycles. The number of benzene rings is 1. The Morgan fingerprint density at radius 1 is 1.13 bits per heavy atom. The number of aromatic nitrogens is 1. The molecule has 1 amide bonds. The maximum Gasteiger partial charge on any atom is 0.227 e. The molecule has 8 heteroatoms. The molecule has 2 fully saturated rings. The van der Waals surface area contributed by atoms with Crippen LogP contribution in [-0.2, 0) is 11.3 Å². The van der Waals surface area contributed by atoms with E-state index in [9.17, 15) is 4.79 Å². The average Bonchev–Trinajstić information content (AvgIpc) is 2.74. The highest BCUT2D eigenvalue weighted by Crippen LogP contribution is 2.27. The van der Waals surface area contributed by atoms with E-state index in [1.165, 1.54) is 0 Å². The lowest BCUT2D eigenvalue weighted by molar-refractivity contribution is -0.122. The number of guanidine groups is 1. The number of amides is 1. The lowest BCUT2D eigenvalue weighted by atomic mass is 9.85. The van der Waals surface area contributed by atoms with Gasteiger partial charge >= 0.3 is 0 Å². The fourth-order valence-corrected chi connectivity index (χ4v) is 3.88. The molecule has 4 rings (SSSR count). The van der Waals surface area contributed by atoms with Crippen LogP contribution in [0.4, 0.5) is 11.5 Å². The van der Waals surface area contributed by atoms with E-state index in [0.29, 0.717) is 6.54 Å². The van der Waals surface area contributed by atoms with Crippen molar-refractivity contribution in [1.29, 1.82) is 0 Å². The summed E-state index contributed by atoms with van der Waals surface area (Å²) in [5.41, 5.74) is 1.99. The molecule has 1 aliphatic heterocycles. The van der Waals surface area contributed by atoms with Crippen molar-refractivity contribution in [2.45, 2.75) is 25.8 Å². The Balaban J connectivity index is 0.00000272. The third-order valence-corrected chi connectivity index (χ3v) is 5.89. The molecule has 1 aliphatic carbocycles. The Bertz CT molecular complexity index is 879. The van der Waals surface area contributed by atoms with E-state index in [0.717, 1.165) is 68.5 Å². The number of nitrogens with one attached hydrogen (secondary N) is 2. The number of pyridine rings is 1. The minimum atomic E-state index is 0. The Hall–Kier alpha value is -2.36. The first-order chi connectivity index (χ1) is 14.7. The van der Waals surface area contributed by atoms with Crippen LogP contribution >= 0.6 is 24.0 Å². The van der Waals surface area contributed by atoms with Crippen LogP contribution in [0.5, 0.6) is 0 Å². The molecule has 31 heavy (non-hydrogen) atoms. The quantitative estimate of drug-likeness (QED) is 0.350. The lowest BCUT2D eigenvalue weighted by Crippen LogP contribution is -2.52. The molecule has 0 spiro atoms. The van der Waals surface area contributed by atoms with Gasteiger partial charge in [-0.05, 0) is 42.7 Å². The van der Waals surface area contributed by atoms with Crippen LogP contribution in [0, 0.1) is 5.92 Å². The predicted octanol–water partition coefficient (Wildman–Crippen LogP) is 3.34. The topological polar surface area (TPSA) is 72.9 Å². The number of halogens is 1. The fraction of sp³-hybridized carbons (Fsp3) is 0.435. The zero-order valence-corrected chi connectivity index (χ0v) is 20.3. The molecule has 0 bridgehead atoms. The first-order valence-electron chi connectivity index (χ1n) is 10.7. The van der Waals surface area contributed by atoms with Crippen LogP contribution in [0.1, 0.15) is 24.8 Å². The van der Waals surface area contributed by atoms with Gasteiger partial charge in [0, 0.05) is 57.6 Å². The van der Waals surface area contributed by atoms with Crippen LogP contribution in [-0.4, -0.2) is 55.0 Å². The second-order valence-corrected chi connectivity index (χ2v) is 7.88. The summed E-state index contributed by atoms with van der Waals surface area (Å²) in [7, 11) is 1.82. The highest BCUT2D eigenvalue weighted by Gasteiger charge is 2.25. The predicted molar refractivity (Wildman–Crippen MR) is 136 cm³/mol. The summed E-state index contributed by atoms with van der Waals surface area (Å²) in [5, 5.41) is 6.52. The number of carbonyl (C=O) groups excluding carboxylic acids is 1. The summed E-state index contributed by atoms with van der Waals surface area (Å²) >= 11 is 0. The highest BCUT2D eigenvalue weighted by molar-refractivity contribution is 14.0. The van der Waals surface area contributed by atoms with Gasteiger partial charge in [-0.15, -0.1) is 24.0 Å². The second kappa shape index (κ2) is 11.3. The molecule has 1 aromatic heterocycles. The highest BCUT2D eigenvalue weighted by atomic mass is 127. The molecule has 0 atom stereocenters. The van der Waals surface area contributed by atoms with E-state index in [1.807, 2.05) is 43.6 Å². The number of rotatable bonds is 5. The van der Waals surface area contributed by atoms with Gasteiger partial charge < -0.3 is 20.4 Å². The molecule has 0 unspecified atom stereocenters. The van der Waals surface area contributed by atoms with E-state index < -0.39 is 0 Å². The van der Waals surface area contributed by atoms with Crippen molar-refractivity contribution < 1.29 is 4.79 Å². The first kappa shape index (κ1) is 23.3. The first-order valence-corrected chi connectivity index (χ1v) is 10.7. The molecule has 0 radical (unpaired) electrons. The minimum absolute atomic E-state index is 0. The molecule has 2 N–H and O–H groups in total. The SMILES string of the molecule is CN=C(NCc1cccc(NC(=O)C2CCC2)c1)N1CCN(c2ccccn2)CC1.I. The van der Waals surface area contributed by atoms with Crippen molar-refractivity contribution in [3.8, 4) is 0 Å². The number of piperazine rings is 1. The third-order valence-electron chi connectivity index (χ3n) is 5.89. The van der Waals surface area contributed by atoms with Gasteiger partial charge in [0.2, 0.25) is 5.91 Å². The van der Waals surface area contributed by atoms with Crippen LogP contribution in [0.2, 0.25) is 0 Å². The monoisotopic (exact) mass is 534 g/mol. The van der Waals surface area contributed by atoms with Gasteiger partial charge in [0.25, 0.3) is 0 Å². The standard InChI is InChI=1S/C23H30N6O.HI/c1-24-23(29-14-12-28(13-15-29)21-10-2-3-11-25-21)26-17-18-6-4-9-20(16-18)27-22(30)19-7-5-8-19;/h2-4,6,9-11,16,19H,5,7-8,12-15,17H2,1H3,(H,24,26)(H,27,30);1H. The largest absolute Gasteiger partial charge is 0.353 e.